The van der Waals surface area contributed by atoms with Gasteiger partial charge in [-0.25, -0.2) is 14.4 Å². The van der Waals surface area contributed by atoms with Crippen LogP contribution in [-0.4, -0.2) is 9.97 Å². The molecule has 5 heteroatoms. The van der Waals surface area contributed by atoms with E-state index in [2.05, 4.69) is 15.3 Å². The number of nitrogens with one attached hydrogen (secondary N) is 1. The zero-order valence-electron chi connectivity index (χ0n) is 11.3. The molecule has 0 amide bonds. The fourth-order valence-corrected chi connectivity index (χ4v) is 1.71. The highest BCUT2D eigenvalue weighted by molar-refractivity contribution is 5.64. The van der Waals surface area contributed by atoms with Crippen LogP contribution in [0.15, 0.2) is 18.2 Å². The second-order valence-electron chi connectivity index (χ2n) is 4.46. The van der Waals surface area contributed by atoms with Gasteiger partial charge in [0.2, 0.25) is 0 Å². The van der Waals surface area contributed by atoms with E-state index in [0.29, 0.717) is 29.6 Å². The molecule has 0 saturated heterocycles. The standard InChI is InChI=1S/C14H17FN4/c1-4-12-18-13(16)9(3)14(19-12)17-11-6-5-8(2)7-10(11)15/h5-7H,4H2,1-3H3,(H3,16,17,18,19). The summed E-state index contributed by atoms with van der Waals surface area (Å²) >= 11 is 0. The van der Waals surface area contributed by atoms with Gasteiger partial charge in [0.1, 0.15) is 23.3 Å². The van der Waals surface area contributed by atoms with Crippen molar-refractivity contribution in [3.8, 4) is 0 Å². The van der Waals surface area contributed by atoms with Gasteiger partial charge in [0.05, 0.1) is 5.69 Å². The van der Waals surface area contributed by atoms with E-state index in [0.717, 1.165) is 11.1 Å². The molecule has 0 fully saturated rings. The fourth-order valence-electron chi connectivity index (χ4n) is 1.71. The lowest BCUT2D eigenvalue weighted by atomic mass is 10.2. The molecular formula is C14H17FN4. The number of rotatable bonds is 3. The van der Waals surface area contributed by atoms with Crippen molar-refractivity contribution >= 4 is 17.3 Å². The summed E-state index contributed by atoms with van der Waals surface area (Å²) < 4.78 is 13.8. The first-order valence-corrected chi connectivity index (χ1v) is 6.17. The monoisotopic (exact) mass is 260 g/mol. The van der Waals surface area contributed by atoms with Gasteiger partial charge in [-0.3, -0.25) is 0 Å². The minimum Gasteiger partial charge on any atom is -0.383 e. The van der Waals surface area contributed by atoms with Crippen molar-refractivity contribution in [2.75, 3.05) is 11.1 Å². The summed E-state index contributed by atoms with van der Waals surface area (Å²) in [5.74, 6) is 1.29. The molecule has 3 N–H and O–H groups in total. The first-order valence-electron chi connectivity index (χ1n) is 6.17. The van der Waals surface area contributed by atoms with Gasteiger partial charge >= 0.3 is 0 Å². The third kappa shape index (κ3) is 2.81. The molecule has 1 heterocycles. The maximum absolute atomic E-state index is 13.8. The predicted molar refractivity (Wildman–Crippen MR) is 75.0 cm³/mol. The molecule has 0 radical (unpaired) electrons. The van der Waals surface area contributed by atoms with Crippen LogP contribution in [0.25, 0.3) is 0 Å². The number of anilines is 3. The lowest BCUT2D eigenvalue weighted by Gasteiger charge is -2.12. The summed E-state index contributed by atoms with van der Waals surface area (Å²) in [6, 6.07) is 5.00. The van der Waals surface area contributed by atoms with E-state index < -0.39 is 0 Å². The minimum absolute atomic E-state index is 0.311. The molecule has 0 spiro atoms. The van der Waals surface area contributed by atoms with E-state index in [1.165, 1.54) is 6.07 Å². The van der Waals surface area contributed by atoms with Crippen LogP contribution in [0, 0.1) is 19.7 Å². The van der Waals surface area contributed by atoms with E-state index in [1.807, 2.05) is 26.8 Å². The highest BCUT2D eigenvalue weighted by Gasteiger charge is 2.10. The van der Waals surface area contributed by atoms with E-state index in [9.17, 15) is 4.39 Å². The summed E-state index contributed by atoms with van der Waals surface area (Å²) in [5.41, 5.74) is 7.80. The van der Waals surface area contributed by atoms with Crippen LogP contribution < -0.4 is 11.1 Å². The van der Waals surface area contributed by atoms with Gasteiger partial charge in [-0.1, -0.05) is 13.0 Å². The quantitative estimate of drug-likeness (QED) is 0.890. The number of aromatic nitrogens is 2. The van der Waals surface area contributed by atoms with Crippen LogP contribution in [0.1, 0.15) is 23.9 Å². The van der Waals surface area contributed by atoms with Crippen LogP contribution >= 0.6 is 0 Å². The molecule has 100 valence electrons. The molecule has 1 aromatic heterocycles. The van der Waals surface area contributed by atoms with E-state index in [1.54, 1.807) is 6.07 Å². The third-order valence-electron chi connectivity index (χ3n) is 2.92. The Balaban J connectivity index is 2.40. The molecule has 2 rings (SSSR count). The predicted octanol–water partition coefficient (Wildman–Crippen LogP) is 3.12. The summed E-state index contributed by atoms with van der Waals surface area (Å²) in [6.07, 6.45) is 0.676. The average molecular weight is 260 g/mol. The van der Waals surface area contributed by atoms with Crippen LogP contribution in [0.2, 0.25) is 0 Å². The summed E-state index contributed by atoms with van der Waals surface area (Å²) in [7, 11) is 0. The Hall–Kier alpha value is -2.17. The van der Waals surface area contributed by atoms with Crippen molar-refractivity contribution in [1.82, 2.24) is 9.97 Å². The summed E-state index contributed by atoms with van der Waals surface area (Å²) in [4.78, 5) is 8.50. The number of nitrogens with two attached hydrogens (primary N) is 1. The Bertz CT molecular complexity index is 611. The molecule has 0 bridgehead atoms. The lowest BCUT2D eigenvalue weighted by molar-refractivity contribution is 0.630. The molecule has 19 heavy (non-hydrogen) atoms. The summed E-state index contributed by atoms with van der Waals surface area (Å²) in [5, 5.41) is 2.98. The molecule has 0 saturated carbocycles. The molecule has 0 atom stereocenters. The second kappa shape index (κ2) is 5.22. The lowest BCUT2D eigenvalue weighted by Crippen LogP contribution is -2.07. The molecule has 0 aliphatic heterocycles. The Labute approximate surface area is 111 Å². The highest BCUT2D eigenvalue weighted by Crippen LogP contribution is 2.24. The Morgan fingerprint density at radius 1 is 1.26 bits per heavy atom. The first kappa shape index (κ1) is 13.3. The van der Waals surface area contributed by atoms with Gasteiger partial charge in [0.15, 0.2) is 0 Å². The Morgan fingerprint density at radius 2 is 2.00 bits per heavy atom. The van der Waals surface area contributed by atoms with Crippen molar-refractivity contribution in [2.45, 2.75) is 27.2 Å². The largest absolute Gasteiger partial charge is 0.383 e. The number of nitrogens with zero attached hydrogens (tertiary/aromatic N) is 2. The number of hydrogen-bond acceptors (Lipinski definition) is 4. The molecule has 4 nitrogen and oxygen atoms in total. The number of benzene rings is 1. The highest BCUT2D eigenvalue weighted by atomic mass is 19.1. The smallest absolute Gasteiger partial charge is 0.146 e. The number of hydrogen-bond donors (Lipinski definition) is 2. The zero-order valence-corrected chi connectivity index (χ0v) is 11.3. The van der Waals surface area contributed by atoms with Crippen molar-refractivity contribution in [3.63, 3.8) is 0 Å². The van der Waals surface area contributed by atoms with Gasteiger partial charge < -0.3 is 11.1 Å². The number of aryl methyl sites for hydroxylation is 2. The Kier molecular flexibility index (Phi) is 3.64. The van der Waals surface area contributed by atoms with Crippen LogP contribution in [0.4, 0.5) is 21.7 Å². The van der Waals surface area contributed by atoms with Crippen molar-refractivity contribution in [1.29, 1.82) is 0 Å². The maximum Gasteiger partial charge on any atom is 0.146 e. The fraction of sp³-hybridized carbons (Fsp3) is 0.286. The van der Waals surface area contributed by atoms with Gasteiger partial charge in [0.25, 0.3) is 0 Å². The normalized spacial score (nSPS) is 10.5. The molecular weight excluding hydrogens is 243 g/mol. The summed E-state index contributed by atoms with van der Waals surface area (Å²) in [6.45, 7) is 5.60. The van der Waals surface area contributed by atoms with Gasteiger partial charge in [-0.05, 0) is 31.5 Å². The molecule has 0 aliphatic carbocycles. The second-order valence-corrected chi connectivity index (χ2v) is 4.46. The van der Waals surface area contributed by atoms with Crippen LogP contribution in [0.3, 0.4) is 0 Å². The molecule has 0 aliphatic rings. The minimum atomic E-state index is -0.311. The number of halogens is 1. The first-order chi connectivity index (χ1) is 9.01. The van der Waals surface area contributed by atoms with E-state index in [4.69, 9.17) is 5.73 Å². The van der Waals surface area contributed by atoms with Crippen LogP contribution in [0.5, 0.6) is 0 Å². The average Bonchev–Trinajstić information content (AvgIpc) is 2.37. The zero-order chi connectivity index (χ0) is 14.0. The van der Waals surface area contributed by atoms with Crippen LogP contribution in [-0.2, 0) is 6.42 Å². The third-order valence-corrected chi connectivity index (χ3v) is 2.92. The molecule has 2 aromatic rings. The maximum atomic E-state index is 13.8. The number of nitrogen functional groups attached to an aromatic ring is 1. The molecule has 0 unspecified atom stereocenters. The van der Waals surface area contributed by atoms with Crippen molar-refractivity contribution in [2.24, 2.45) is 0 Å². The molecule has 1 aromatic carbocycles. The topological polar surface area (TPSA) is 63.8 Å². The Morgan fingerprint density at radius 3 is 2.63 bits per heavy atom. The SMILES string of the molecule is CCc1nc(N)c(C)c(Nc2ccc(C)cc2F)n1. The van der Waals surface area contributed by atoms with Crippen molar-refractivity contribution in [3.05, 3.63) is 41.0 Å². The van der Waals surface area contributed by atoms with Gasteiger partial charge in [-0.2, -0.15) is 0 Å². The van der Waals surface area contributed by atoms with Gasteiger partial charge in [-0.15, -0.1) is 0 Å². The van der Waals surface area contributed by atoms with E-state index in [-0.39, 0.29) is 5.82 Å². The van der Waals surface area contributed by atoms with Gasteiger partial charge in [0, 0.05) is 12.0 Å². The van der Waals surface area contributed by atoms with Crippen molar-refractivity contribution < 1.29 is 4.39 Å². The van der Waals surface area contributed by atoms with E-state index >= 15 is 0 Å².